The first kappa shape index (κ1) is 19.0. The third-order valence-electron chi connectivity index (χ3n) is 5.10. The number of hydrogen-bond acceptors (Lipinski definition) is 4. The lowest BCUT2D eigenvalue weighted by atomic mass is 9.85. The summed E-state index contributed by atoms with van der Waals surface area (Å²) in [7, 11) is 0. The first-order valence-corrected chi connectivity index (χ1v) is 9.37. The van der Waals surface area contributed by atoms with E-state index in [0.29, 0.717) is 11.1 Å². The SMILES string of the molecule is C#Cc1c(N)c(O)cc(-c2ccccc2)c1-c1cc(N)c(O)cc1-c1ccccc1. The third-order valence-corrected chi connectivity index (χ3v) is 5.10. The molecular weight excluding hydrogens is 372 g/mol. The lowest BCUT2D eigenvalue weighted by Gasteiger charge is -2.20. The number of benzene rings is 4. The topological polar surface area (TPSA) is 92.5 Å². The largest absolute Gasteiger partial charge is 0.506 e. The number of rotatable bonds is 3. The molecule has 0 amide bonds. The molecule has 0 saturated carbocycles. The van der Waals surface area contributed by atoms with Crippen LogP contribution in [0, 0.1) is 12.3 Å². The molecule has 0 saturated heterocycles. The van der Waals surface area contributed by atoms with E-state index in [0.717, 1.165) is 27.8 Å². The zero-order valence-corrected chi connectivity index (χ0v) is 16.1. The van der Waals surface area contributed by atoms with Gasteiger partial charge in [0.1, 0.15) is 11.5 Å². The molecule has 0 fully saturated rings. The molecule has 0 unspecified atom stereocenters. The van der Waals surface area contributed by atoms with E-state index in [9.17, 15) is 10.2 Å². The molecule has 4 nitrogen and oxygen atoms in total. The van der Waals surface area contributed by atoms with Crippen LogP contribution in [0.15, 0.2) is 78.9 Å². The number of aromatic hydroxyl groups is 2. The summed E-state index contributed by atoms with van der Waals surface area (Å²) in [4.78, 5) is 0. The molecule has 0 atom stereocenters. The Morgan fingerprint density at radius 3 is 1.77 bits per heavy atom. The van der Waals surface area contributed by atoms with E-state index < -0.39 is 0 Å². The Labute approximate surface area is 175 Å². The number of nitrogen functional groups attached to an aromatic ring is 2. The van der Waals surface area contributed by atoms with Gasteiger partial charge in [0.2, 0.25) is 0 Å². The second kappa shape index (κ2) is 7.57. The maximum Gasteiger partial charge on any atom is 0.140 e. The fourth-order valence-electron chi connectivity index (χ4n) is 3.63. The third kappa shape index (κ3) is 3.19. The molecule has 4 rings (SSSR count). The number of phenols is 2. The summed E-state index contributed by atoms with van der Waals surface area (Å²) in [6, 6.07) is 24.1. The van der Waals surface area contributed by atoms with Crippen molar-refractivity contribution in [3.63, 3.8) is 0 Å². The highest BCUT2D eigenvalue weighted by Gasteiger charge is 2.21. The Morgan fingerprint density at radius 2 is 1.20 bits per heavy atom. The van der Waals surface area contributed by atoms with E-state index in [1.54, 1.807) is 18.2 Å². The number of anilines is 2. The monoisotopic (exact) mass is 392 g/mol. The summed E-state index contributed by atoms with van der Waals surface area (Å²) in [5.74, 6) is 2.53. The van der Waals surface area contributed by atoms with E-state index >= 15 is 0 Å². The number of terminal acetylenes is 1. The Hall–Kier alpha value is -4.36. The molecule has 6 N–H and O–H groups in total. The molecule has 0 heterocycles. The Kier molecular flexibility index (Phi) is 4.79. The normalized spacial score (nSPS) is 10.5. The second-order valence-corrected chi connectivity index (χ2v) is 6.94. The van der Waals surface area contributed by atoms with Gasteiger partial charge in [0, 0.05) is 5.56 Å². The van der Waals surface area contributed by atoms with Gasteiger partial charge < -0.3 is 21.7 Å². The first-order chi connectivity index (χ1) is 14.5. The van der Waals surface area contributed by atoms with Crippen LogP contribution in [0.4, 0.5) is 11.4 Å². The first-order valence-electron chi connectivity index (χ1n) is 9.37. The van der Waals surface area contributed by atoms with Gasteiger partial charge in [-0.15, -0.1) is 6.42 Å². The van der Waals surface area contributed by atoms with Crippen molar-refractivity contribution in [3.8, 4) is 57.2 Å². The van der Waals surface area contributed by atoms with Crippen LogP contribution in [0.1, 0.15) is 5.56 Å². The van der Waals surface area contributed by atoms with E-state index in [4.69, 9.17) is 17.9 Å². The highest BCUT2D eigenvalue weighted by molar-refractivity contribution is 5.99. The molecule has 0 aromatic heterocycles. The van der Waals surface area contributed by atoms with Crippen molar-refractivity contribution in [2.24, 2.45) is 0 Å². The van der Waals surface area contributed by atoms with Crippen LogP contribution in [0.3, 0.4) is 0 Å². The minimum atomic E-state index is -0.0847. The van der Waals surface area contributed by atoms with Crippen molar-refractivity contribution >= 4 is 11.4 Å². The summed E-state index contributed by atoms with van der Waals surface area (Å²) in [6.45, 7) is 0. The fourth-order valence-corrected chi connectivity index (χ4v) is 3.63. The van der Waals surface area contributed by atoms with Crippen LogP contribution in [0.2, 0.25) is 0 Å². The van der Waals surface area contributed by atoms with E-state index in [1.165, 1.54) is 0 Å². The molecule has 4 aromatic rings. The quantitative estimate of drug-likeness (QED) is 0.218. The summed E-state index contributed by atoms with van der Waals surface area (Å²) >= 11 is 0. The van der Waals surface area contributed by atoms with Gasteiger partial charge in [-0.05, 0) is 46.0 Å². The highest BCUT2D eigenvalue weighted by atomic mass is 16.3. The molecular formula is C26H20N2O2. The average Bonchev–Trinajstić information content (AvgIpc) is 2.78. The zero-order valence-electron chi connectivity index (χ0n) is 16.1. The van der Waals surface area contributed by atoms with Gasteiger partial charge in [-0.2, -0.15) is 0 Å². The lowest BCUT2D eigenvalue weighted by Crippen LogP contribution is -2.00. The zero-order chi connectivity index (χ0) is 21.3. The maximum atomic E-state index is 10.4. The Balaban J connectivity index is 2.15. The van der Waals surface area contributed by atoms with Gasteiger partial charge in [0.05, 0.1) is 16.9 Å². The van der Waals surface area contributed by atoms with Gasteiger partial charge in [0.25, 0.3) is 0 Å². The van der Waals surface area contributed by atoms with Gasteiger partial charge in [-0.25, -0.2) is 0 Å². The van der Waals surface area contributed by atoms with Crippen molar-refractivity contribution in [2.75, 3.05) is 11.5 Å². The Bertz CT molecular complexity index is 1270. The lowest BCUT2D eigenvalue weighted by molar-refractivity contribution is 0.477. The summed E-state index contributed by atoms with van der Waals surface area (Å²) < 4.78 is 0. The summed E-state index contributed by atoms with van der Waals surface area (Å²) in [6.07, 6.45) is 5.84. The van der Waals surface area contributed by atoms with E-state index in [1.807, 2.05) is 60.7 Å². The van der Waals surface area contributed by atoms with Crippen LogP contribution >= 0.6 is 0 Å². The number of hydrogen-bond donors (Lipinski definition) is 4. The minimum absolute atomic E-state index is 0.0205. The second-order valence-electron chi connectivity index (χ2n) is 6.94. The van der Waals surface area contributed by atoms with Crippen molar-refractivity contribution in [1.29, 1.82) is 0 Å². The molecule has 146 valence electrons. The van der Waals surface area contributed by atoms with Gasteiger partial charge in [-0.3, -0.25) is 0 Å². The smallest absolute Gasteiger partial charge is 0.140 e. The van der Waals surface area contributed by atoms with Crippen LogP contribution in [-0.4, -0.2) is 10.2 Å². The molecule has 0 spiro atoms. The predicted molar refractivity (Wildman–Crippen MR) is 123 cm³/mol. The maximum absolute atomic E-state index is 10.4. The minimum Gasteiger partial charge on any atom is -0.506 e. The fraction of sp³-hybridized carbons (Fsp3) is 0. The van der Waals surface area contributed by atoms with Crippen molar-refractivity contribution < 1.29 is 10.2 Å². The molecule has 0 aliphatic carbocycles. The van der Waals surface area contributed by atoms with E-state index in [2.05, 4.69) is 5.92 Å². The van der Waals surface area contributed by atoms with Crippen LogP contribution in [-0.2, 0) is 0 Å². The highest BCUT2D eigenvalue weighted by Crippen LogP contribution is 2.46. The molecule has 0 bridgehead atoms. The van der Waals surface area contributed by atoms with Crippen molar-refractivity contribution in [2.45, 2.75) is 0 Å². The van der Waals surface area contributed by atoms with Gasteiger partial charge in [0.15, 0.2) is 0 Å². The Morgan fingerprint density at radius 1 is 0.667 bits per heavy atom. The molecule has 4 heteroatoms. The van der Waals surface area contributed by atoms with Crippen molar-refractivity contribution in [1.82, 2.24) is 0 Å². The molecule has 0 radical (unpaired) electrons. The number of nitrogens with two attached hydrogens (primary N) is 2. The summed E-state index contributed by atoms with van der Waals surface area (Å²) in [5.41, 5.74) is 17.6. The molecule has 4 aromatic carbocycles. The predicted octanol–water partition coefficient (Wildman–Crippen LogP) is 5.24. The average molecular weight is 392 g/mol. The van der Waals surface area contributed by atoms with Gasteiger partial charge in [-0.1, -0.05) is 66.6 Å². The number of phenolic OH excluding ortho intramolecular Hbond substituents is 2. The van der Waals surface area contributed by atoms with Crippen LogP contribution < -0.4 is 11.5 Å². The molecule has 0 aliphatic rings. The molecule has 0 aliphatic heterocycles. The standard InChI is InChI=1S/C26H20N2O2/c1-2-18-25(20(15-24(30)26(18)28)17-11-7-4-8-12-17)21-13-22(27)23(29)14-19(21)16-9-5-3-6-10-16/h1,3-15,29-30H,27-28H2. The van der Waals surface area contributed by atoms with E-state index in [-0.39, 0.29) is 22.9 Å². The van der Waals surface area contributed by atoms with Gasteiger partial charge >= 0.3 is 0 Å². The van der Waals surface area contributed by atoms with Crippen molar-refractivity contribution in [3.05, 3.63) is 84.4 Å². The van der Waals surface area contributed by atoms with Crippen LogP contribution in [0.5, 0.6) is 11.5 Å². The summed E-state index contributed by atoms with van der Waals surface area (Å²) in [5, 5.41) is 20.8. The molecule has 30 heavy (non-hydrogen) atoms. The van der Waals surface area contributed by atoms with Crippen LogP contribution in [0.25, 0.3) is 33.4 Å².